The molecule has 0 radical (unpaired) electrons. The molecule has 0 amide bonds. The molecule has 2 aromatic rings. The molecule has 0 saturated heterocycles. The van der Waals surface area contributed by atoms with E-state index >= 15 is 0 Å². The Morgan fingerprint density at radius 1 is 0.900 bits per heavy atom. The maximum Gasteiger partial charge on any atom is 0.365 e. The maximum absolute atomic E-state index is 13.7. The third kappa shape index (κ3) is 6.20. The number of nitrogens with zero attached hydrogens (tertiary/aromatic N) is 1. The second kappa shape index (κ2) is 9.80. The Bertz CT molecular complexity index is 993. The summed E-state index contributed by atoms with van der Waals surface area (Å²) in [6, 6.07) is 12.3. The number of rotatable bonds is 10. The van der Waals surface area contributed by atoms with Gasteiger partial charge in [0.1, 0.15) is 0 Å². The van der Waals surface area contributed by atoms with E-state index in [0.717, 1.165) is 24.3 Å². The van der Waals surface area contributed by atoms with Crippen LogP contribution in [-0.4, -0.2) is 25.5 Å². The predicted octanol–water partition coefficient (Wildman–Crippen LogP) is 5.04. The summed E-state index contributed by atoms with van der Waals surface area (Å²) >= 11 is 0. The van der Waals surface area contributed by atoms with Crippen molar-refractivity contribution >= 4 is 23.4 Å². The fourth-order valence-corrected chi connectivity index (χ4v) is 6.22. The molecule has 30 heavy (non-hydrogen) atoms. The van der Waals surface area contributed by atoms with Crippen LogP contribution in [0, 0.1) is 10.1 Å². The van der Waals surface area contributed by atoms with Gasteiger partial charge in [0.05, 0.1) is 22.0 Å². The highest BCUT2D eigenvalue weighted by atomic mass is 32.2. The van der Waals surface area contributed by atoms with Crippen molar-refractivity contribution in [2.24, 2.45) is 0 Å². The predicted molar refractivity (Wildman–Crippen MR) is 111 cm³/mol. The molecule has 9 nitrogen and oxygen atoms in total. The van der Waals surface area contributed by atoms with Gasteiger partial charge in [-0.3, -0.25) is 14.7 Å². The number of hydrogen-bond acceptors (Lipinski definition) is 8. The summed E-state index contributed by atoms with van der Waals surface area (Å²) in [5, 5.41) is 10.8. The second-order valence-electron chi connectivity index (χ2n) is 6.91. The van der Waals surface area contributed by atoms with Crippen molar-refractivity contribution in [2.45, 2.75) is 50.6 Å². The van der Waals surface area contributed by atoms with Crippen molar-refractivity contribution < 1.29 is 31.1 Å². The SMILES string of the molecule is CC(C)OP(=O)(OC(C)C)C(OS(=O)(=O)c1ccc([N+](=O)[O-])cc1)c1ccccc1. The van der Waals surface area contributed by atoms with Gasteiger partial charge < -0.3 is 9.05 Å². The average molecular weight is 457 g/mol. The van der Waals surface area contributed by atoms with Crippen LogP contribution < -0.4 is 0 Å². The Morgan fingerprint density at radius 3 is 1.83 bits per heavy atom. The van der Waals surface area contributed by atoms with Crippen LogP contribution in [0.15, 0.2) is 59.5 Å². The Labute approximate surface area is 175 Å². The molecule has 0 fully saturated rings. The van der Waals surface area contributed by atoms with Crippen LogP contribution in [0.3, 0.4) is 0 Å². The van der Waals surface area contributed by atoms with Gasteiger partial charge in [0.15, 0.2) is 0 Å². The van der Waals surface area contributed by atoms with Gasteiger partial charge >= 0.3 is 7.60 Å². The lowest BCUT2D eigenvalue weighted by Gasteiger charge is -2.29. The minimum atomic E-state index is -4.46. The van der Waals surface area contributed by atoms with Crippen LogP contribution >= 0.6 is 7.60 Å². The molecular weight excluding hydrogens is 433 g/mol. The monoisotopic (exact) mass is 457 g/mol. The lowest BCUT2D eigenvalue weighted by atomic mass is 10.2. The molecule has 0 aliphatic rings. The van der Waals surface area contributed by atoms with Gasteiger partial charge in [0.2, 0.25) is 5.85 Å². The molecule has 11 heteroatoms. The zero-order valence-corrected chi connectivity index (χ0v) is 18.7. The molecule has 0 N–H and O–H groups in total. The summed E-state index contributed by atoms with van der Waals surface area (Å²) in [5.74, 6) is -1.57. The Morgan fingerprint density at radius 2 is 1.40 bits per heavy atom. The largest absolute Gasteiger partial charge is 0.365 e. The van der Waals surface area contributed by atoms with E-state index < -0.39 is 40.7 Å². The normalized spacial score (nSPS) is 13.5. The molecule has 0 aliphatic carbocycles. The fourth-order valence-electron chi connectivity index (χ4n) is 2.54. The molecule has 0 saturated carbocycles. The van der Waals surface area contributed by atoms with E-state index in [9.17, 15) is 23.1 Å². The van der Waals surface area contributed by atoms with Crippen molar-refractivity contribution in [1.29, 1.82) is 0 Å². The van der Waals surface area contributed by atoms with Gasteiger partial charge in [-0.05, 0) is 45.4 Å². The molecule has 2 aromatic carbocycles. The van der Waals surface area contributed by atoms with Crippen LogP contribution in [0.1, 0.15) is 39.1 Å². The topological polar surface area (TPSA) is 122 Å². The summed E-state index contributed by atoms with van der Waals surface area (Å²) in [7, 11) is -8.58. The average Bonchev–Trinajstić information content (AvgIpc) is 2.65. The van der Waals surface area contributed by atoms with Crippen LogP contribution in [-0.2, 0) is 27.9 Å². The molecule has 0 heterocycles. The third-order valence-electron chi connectivity index (χ3n) is 3.64. The first-order chi connectivity index (χ1) is 13.9. The highest BCUT2D eigenvalue weighted by Gasteiger charge is 2.43. The summed E-state index contributed by atoms with van der Waals surface area (Å²) in [5.41, 5.74) is 0.0122. The number of nitro benzene ring substituents is 1. The highest BCUT2D eigenvalue weighted by molar-refractivity contribution is 7.87. The first-order valence-electron chi connectivity index (χ1n) is 9.14. The van der Waals surface area contributed by atoms with Crippen molar-refractivity contribution in [3.05, 3.63) is 70.3 Å². The zero-order valence-electron chi connectivity index (χ0n) is 17.0. The molecular formula is C19H24NO8PS. The standard InChI is InChI=1S/C19H24NO8PS/c1-14(2)26-29(23,27-15(3)4)19(16-8-6-5-7-9-16)28-30(24,25)18-12-10-17(11-13-18)20(21)22/h5-15,19H,1-4H3. The van der Waals surface area contributed by atoms with Crippen molar-refractivity contribution in [3.8, 4) is 0 Å². The molecule has 0 aliphatic heterocycles. The first-order valence-corrected chi connectivity index (χ1v) is 12.2. The minimum Gasteiger partial charge on any atom is -0.304 e. The Hall–Kier alpha value is -2.10. The zero-order chi connectivity index (χ0) is 22.5. The van der Waals surface area contributed by atoms with Crippen molar-refractivity contribution in [1.82, 2.24) is 0 Å². The Balaban J connectivity index is 2.51. The Kier molecular flexibility index (Phi) is 7.90. The highest BCUT2D eigenvalue weighted by Crippen LogP contribution is 2.63. The number of benzene rings is 2. The molecule has 0 bridgehead atoms. The molecule has 1 atom stereocenters. The molecule has 1 unspecified atom stereocenters. The van der Waals surface area contributed by atoms with Crippen LogP contribution in [0.5, 0.6) is 0 Å². The number of hydrogen-bond donors (Lipinski definition) is 0. The van der Waals surface area contributed by atoms with Gasteiger partial charge in [-0.25, -0.2) is 4.18 Å². The maximum atomic E-state index is 13.7. The molecule has 164 valence electrons. The van der Waals surface area contributed by atoms with Crippen LogP contribution in [0.2, 0.25) is 0 Å². The molecule has 2 rings (SSSR count). The van der Waals surface area contributed by atoms with Gasteiger partial charge in [-0.2, -0.15) is 8.42 Å². The first kappa shape index (κ1) is 24.2. The smallest absolute Gasteiger partial charge is 0.304 e. The number of non-ortho nitro benzene ring substituents is 1. The van der Waals surface area contributed by atoms with Crippen LogP contribution in [0.4, 0.5) is 5.69 Å². The van der Waals surface area contributed by atoms with E-state index in [1.807, 2.05) is 0 Å². The molecule has 0 aromatic heterocycles. The lowest BCUT2D eigenvalue weighted by Crippen LogP contribution is -2.19. The van der Waals surface area contributed by atoms with E-state index in [1.54, 1.807) is 58.0 Å². The molecule has 0 spiro atoms. The quantitative estimate of drug-likeness (QED) is 0.210. The number of nitro groups is 1. The van der Waals surface area contributed by atoms with Crippen molar-refractivity contribution in [2.75, 3.05) is 0 Å². The summed E-state index contributed by atoms with van der Waals surface area (Å²) < 4.78 is 55.9. The van der Waals surface area contributed by atoms with E-state index in [0.29, 0.717) is 0 Å². The van der Waals surface area contributed by atoms with Crippen molar-refractivity contribution in [3.63, 3.8) is 0 Å². The van der Waals surface area contributed by atoms with E-state index in [1.165, 1.54) is 0 Å². The van der Waals surface area contributed by atoms with Crippen LogP contribution in [0.25, 0.3) is 0 Å². The van der Waals surface area contributed by atoms with E-state index in [2.05, 4.69) is 0 Å². The van der Waals surface area contributed by atoms with Gasteiger partial charge in [-0.15, -0.1) is 0 Å². The summed E-state index contributed by atoms with van der Waals surface area (Å²) in [6.07, 6.45) is -1.07. The summed E-state index contributed by atoms with van der Waals surface area (Å²) in [6.45, 7) is 6.57. The van der Waals surface area contributed by atoms with Gasteiger partial charge in [0.25, 0.3) is 15.8 Å². The lowest BCUT2D eigenvalue weighted by molar-refractivity contribution is -0.384. The van der Waals surface area contributed by atoms with E-state index in [-0.39, 0.29) is 16.1 Å². The van der Waals surface area contributed by atoms with Gasteiger partial charge in [-0.1, -0.05) is 30.3 Å². The minimum absolute atomic E-state index is 0.273. The summed E-state index contributed by atoms with van der Waals surface area (Å²) in [4.78, 5) is 9.84. The van der Waals surface area contributed by atoms with E-state index in [4.69, 9.17) is 13.2 Å². The van der Waals surface area contributed by atoms with Gasteiger partial charge in [0, 0.05) is 12.1 Å². The fraction of sp³-hybridized carbons (Fsp3) is 0.368. The second-order valence-corrected chi connectivity index (χ2v) is 10.5. The third-order valence-corrected chi connectivity index (χ3v) is 7.49.